The number of para-hydroxylation sites is 2. The van der Waals surface area contributed by atoms with Crippen LogP contribution in [0.1, 0.15) is 154 Å². The number of fused-ring (bicyclic) bond motifs is 12. The highest BCUT2D eigenvalue weighted by Gasteiger charge is 2.53. The van der Waals surface area contributed by atoms with Gasteiger partial charge in [0.1, 0.15) is 0 Å². The molecule has 0 amide bonds. The molecule has 15 rings (SSSR count). The van der Waals surface area contributed by atoms with E-state index >= 15 is 0 Å². The molecule has 0 saturated carbocycles. The van der Waals surface area contributed by atoms with Crippen LogP contribution in [0, 0.1) is 0 Å². The zero-order chi connectivity index (χ0) is 57.8. The van der Waals surface area contributed by atoms with Crippen molar-refractivity contribution in [3.63, 3.8) is 0 Å². The van der Waals surface area contributed by atoms with Crippen LogP contribution in [0.25, 0.3) is 43.5 Å². The second-order valence-corrected chi connectivity index (χ2v) is 29.4. The number of thiophene rings is 1. The molecule has 0 radical (unpaired) electrons. The summed E-state index contributed by atoms with van der Waals surface area (Å²) in [6, 6.07) is 73.2. The van der Waals surface area contributed by atoms with Gasteiger partial charge in [-0.25, -0.2) is 0 Å². The lowest BCUT2D eigenvalue weighted by molar-refractivity contribution is 0.332. The molecule has 0 unspecified atom stereocenters. The summed E-state index contributed by atoms with van der Waals surface area (Å²) in [4.78, 5) is 8.12. The first-order valence-electron chi connectivity index (χ1n) is 31.3. The van der Waals surface area contributed by atoms with Gasteiger partial charge in [-0.2, -0.15) is 0 Å². The van der Waals surface area contributed by atoms with E-state index < -0.39 is 0 Å². The number of rotatable bonds is 9. The second-order valence-electron chi connectivity index (χ2n) is 28.4. The highest BCUT2D eigenvalue weighted by Crippen LogP contribution is 2.61. The molecule has 3 nitrogen and oxygen atoms in total. The molecule has 5 heteroatoms. The van der Waals surface area contributed by atoms with Gasteiger partial charge in [-0.15, -0.1) is 11.3 Å². The fourth-order valence-electron chi connectivity index (χ4n) is 16.0. The summed E-state index contributed by atoms with van der Waals surface area (Å²) < 4.78 is 1.37. The van der Waals surface area contributed by atoms with E-state index in [0.29, 0.717) is 0 Å². The Morgan fingerprint density at radius 2 is 1.06 bits per heavy atom. The molecule has 1 aromatic heterocycles. The average Bonchev–Trinajstić information content (AvgIpc) is 1.39. The number of benzene rings is 9. The maximum atomic E-state index is 2.84. The maximum absolute atomic E-state index is 2.84. The molecule has 0 atom stereocenters. The lowest BCUT2D eigenvalue weighted by atomic mass is 9.43. The van der Waals surface area contributed by atoms with Gasteiger partial charge in [-0.05, 0) is 223 Å². The minimum Gasteiger partial charge on any atom is -0.376 e. The SMILES string of the molecule is CCCCc1ccc(N2c3sc4cc5c(cc4c3B3c4c(cc6c(c42)C(C)(C)c2ccccc2-6)-c2cc(N(c4ccccc4)c4ccccc4)ccc2N3c2ccc3c(c2)C(C)(C)CCC3(C)C)C(C)(C)CCC5(C)C)c(-c2ccccc2)c1. The van der Waals surface area contributed by atoms with Gasteiger partial charge in [0.2, 0.25) is 0 Å². The minimum absolute atomic E-state index is 0.00702. The van der Waals surface area contributed by atoms with Gasteiger partial charge < -0.3 is 14.6 Å². The van der Waals surface area contributed by atoms with Crippen molar-refractivity contribution in [2.45, 2.75) is 148 Å². The molecule has 10 aromatic rings. The van der Waals surface area contributed by atoms with Crippen molar-refractivity contribution < 1.29 is 0 Å². The van der Waals surface area contributed by atoms with E-state index in [-0.39, 0.29) is 33.9 Å². The molecule has 0 bridgehead atoms. The molecule has 3 aliphatic carbocycles. The lowest BCUT2D eigenvalue weighted by Crippen LogP contribution is -2.61. The van der Waals surface area contributed by atoms with Crippen molar-refractivity contribution in [1.82, 2.24) is 0 Å². The summed E-state index contributed by atoms with van der Waals surface area (Å²) in [5.74, 6) is 0. The Hall–Kier alpha value is -7.60. The molecular formula is C79H78BN3S. The first-order valence-corrected chi connectivity index (χ1v) is 32.1. The molecule has 0 N–H and O–H groups in total. The largest absolute Gasteiger partial charge is 0.376 e. The zero-order valence-electron chi connectivity index (χ0n) is 51.2. The third kappa shape index (κ3) is 7.96. The van der Waals surface area contributed by atoms with Gasteiger partial charge in [0, 0.05) is 55.4 Å². The molecule has 0 spiro atoms. The van der Waals surface area contributed by atoms with Crippen LogP contribution in [-0.4, -0.2) is 6.85 Å². The summed E-state index contributed by atoms with van der Waals surface area (Å²) in [5, 5.41) is 2.72. The monoisotopic (exact) mass is 1110 g/mol. The molecular weight excluding hydrogens is 1030 g/mol. The van der Waals surface area contributed by atoms with Crippen molar-refractivity contribution in [3.05, 3.63) is 227 Å². The van der Waals surface area contributed by atoms with Crippen LogP contribution < -0.4 is 25.5 Å². The molecule has 3 heterocycles. The summed E-state index contributed by atoms with van der Waals surface area (Å²) in [7, 11) is 0. The average molecular weight is 1110 g/mol. The molecule has 5 aliphatic rings. The highest BCUT2D eigenvalue weighted by atomic mass is 32.1. The second kappa shape index (κ2) is 19.0. The molecule has 9 aromatic carbocycles. The number of hydrogen-bond donors (Lipinski definition) is 0. The van der Waals surface area contributed by atoms with E-state index in [2.05, 4.69) is 279 Å². The Kier molecular flexibility index (Phi) is 12.0. The molecule has 2 aliphatic heterocycles. The van der Waals surface area contributed by atoms with E-state index in [1.54, 1.807) is 0 Å². The van der Waals surface area contributed by atoms with Gasteiger partial charge in [0.25, 0.3) is 0 Å². The first kappa shape index (κ1) is 53.2. The normalized spacial score (nSPS) is 17.6. The minimum atomic E-state index is -0.333. The van der Waals surface area contributed by atoms with Crippen molar-refractivity contribution in [2.24, 2.45) is 0 Å². The van der Waals surface area contributed by atoms with Gasteiger partial charge >= 0.3 is 6.85 Å². The van der Waals surface area contributed by atoms with Gasteiger partial charge in [0.15, 0.2) is 0 Å². The smallest absolute Gasteiger partial charge is 0.334 e. The predicted octanol–water partition coefficient (Wildman–Crippen LogP) is 21.1. The number of hydrogen-bond acceptors (Lipinski definition) is 4. The third-order valence-electron chi connectivity index (χ3n) is 20.9. The van der Waals surface area contributed by atoms with E-state index in [1.807, 2.05) is 11.3 Å². The van der Waals surface area contributed by atoms with Gasteiger partial charge in [-0.3, -0.25) is 0 Å². The maximum Gasteiger partial charge on any atom is 0.334 e. The molecule has 418 valence electrons. The van der Waals surface area contributed by atoms with Gasteiger partial charge in [-0.1, -0.05) is 186 Å². The Morgan fingerprint density at radius 1 is 0.464 bits per heavy atom. The summed E-state index contributed by atoms with van der Waals surface area (Å²) in [6.07, 6.45) is 8.01. The van der Waals surface area contributed by atoms with E-state index in [9.17, 15) is 0 Å². The van der Waals surface area contributed by atoms with Crippen LogP contribution >= 0.6 is 11.3 Å². The van der Waals surface area contributed by atoms with Crippen molar-refractivity contribution in [1.29, 1.82) is 0 Å². The van der Waals surface area contributed by atoms with E-state index in [0.717, 1.165) is 49.2 Å². The topological polar surface area (TPSA) is 9.72 Å². The van der Waals surface area contributed by atoms with Crippen LogP contribution in [0.5, 0.6) is 0 Å². The summed E-state index contributed by atoms with van der Waals surface area (Å²) >= 11 is 2.04. The van der Waals surface area contributed by atoms with Crippen LogP contribution in [0.3, 0.4) is 0 Å². The fourth-order valence-corrected chi connectivity index (χ4v) is 17.3. The van der Waals surface area contributed by atoms with Crippen LogP contribution in [-0.2, 0) is 33.5 Å². The van der Waals surface area contributed by atoms with Crippen LogP contribution in [0.4, 0.5) is 44.8 Å². The Labute approximate surface area is 504 Å². The number of anilines is 8. The quantitative estimate of drug-likeness (QED) is 0.133. The fraction of sp³-hybridized carbons (Fsp3) is 0.291. The molecule has 0 fully saturated rings. The van der Waals surface area contributed by atoms with Crippen LogP contribution in [0.2, 0.25) is 0 Å². The molecule has 84 heavy (non-hydrogen) atoms. The van der Waals surface area contributed by atoms with E-state index in [1.165, 1.54) is 134 Å². The Balaban J connectivity index is 1.13. The zero-order valence-corrected chi connectivity index (χ0v) is 52.0. The van der Waals surface area contributed by atoms with E-state index in [4.69, 9.17) is 0 Å². The summed E-state index contributed by atoms with van der Waals surface area (Å²) in [6.45, 7) is 27.1. The predicted molar refractivity (Wildman–Crippen MR) is 362 cm³/mol. The molecule has 0 saturated heterocycles. The Morgan fingerprint density at radius 3 is 1.73 bits per heavy atom. The first-order chi connectivity index (χ1) is 40.4. The number of unbranched alkanes of at least 4 members (excludes halogenated alkanes) is 1. The van der Waals surface area contributed by atoms with Gasteiger partial charge in [0.05, 0.1) is 10.7 Å². The van der Waals surface area contributed by atoms with Crippen molar-refractivity contribution in [2.75, 3.05) is 14.6 Å². The standard InChI is InChI=1S/C79H78BN3S/c1-12-13-25-50-34-38-67(57(44-50)51-26-17-14-18-27-51)82-73-70-59(56-32-23-24-33-62(56)79(70,10)11)47-60-58-45-54(81(52-28-19-15-20-29-52)53-30-21-16-22-31-53)36-39-68(58)83(55-35-37-63-64(46-55)76(4,5)41-40-75(63,2)3)80(71(60)73)72-61-48-65-66(49-69(61)84-74(72)82)78(8,9)43-42-77(65,6)7/h14-24,26-39,44-49H,12-13,25,40-43H2,1-11H3. The van der Waals surface area contributed by atoms with Crippen molar-refractivity contribution in [3.8, 4) is 33.4 Å². The Bertz CT molecular complexity index is 4260. The lowest BCUT2D eigenvalue weighted by Gasteiger charge is -2.48. The summed E-state index contributed by atoms with van der Waals surface area (Å²) in [5.41, 5.74) is 29.0. The number of aryl methyl sites for hydroxylation is 1. The number of nitrogens with zero attached hydrogens (tertiary/aromatic N) is 3. The third-order valence-corrected chi connectivity index (χ3v) is 22.1. The van der Waals surface area contributed by atoms with Crippen molar-refractivity contribution >= 4 is 84.0 Å². The highest BCUT2D eigenvalue weighted by molar-refractivity contribution is 7.26. The van der Waals surface area contributed by atoms with Crippen LogP contribution in [0.15, 0.2) is 188 Å².